The van der Waals surface area contributed by atoms with Crippen molar-refractivity contribution < 1.29 is 102 Å². The molecule has 0 amide bonds. The molecule has 12 aromatic rings. The maximum atomic E-state index is 16.6. The highest BCUT2D eigenvalue weighted by atomic mass is 32.1. The van der Waals surface area contributed by atoms with E-state index in [0.717, 1.165) is 56.4 Å². The number of esters is 6. The fourth-order valence-corrected chi connectivity index (χ4v) is 15.0. The SMILES string of the molecule is COc1ccc(-c2ccc(OC(=O)c3ccc(OCCOC(=O)c4ccc(C(=O)Oc5ccc(-c6sc(C)c(C7=C(c8c(C)sc(-c9ccc(OC(=O)c%10ccc(C(=O)OCCOc%11ccc(C(=O)Oc%12ccc(-c%13ccc(OC)cc%13)cc%12)cc%11)cc%10)cc9)c8C)C(F)(F)C(F)(F)C7(F)F)c6C)cc5)cc4)cc3)cc2)cc1. The molecule has 0 saturated carbocycles. The third-order valence-corrected chi connectivity index (χ3v) is 21.0. The number of carbonyl (C=O) groups is 6. The van der Waals surface area contributed by atoms with E-state index in [9.17, 15) is 28.8 Å². The first-order chi connectivity index (χ1) is 54.3. The van der Waals surface area contributed by atoms with Gasteiger partial charge in [0.2, 0.25) is 0 Å². The lowest BCUT2D eigenvalue weighted by Gasteiger charge is -2.26. The molecule has 113 heavy (non-hydrogen) atoms. The average Bonchev–Trinajstić information content (AvgIpc) is 1.52. The zero-order valence-corrected chi connectivity index (χ0v) is 62.7. The number of alkyl halides is 6. The van der Waals surface area contributed by atoms with Crippen molar-refractivity contribution in [3.63, 3.8) is 0 Å². The van der Waals surface area contributed by atoms with Gasteiger partial charge in [0.1, 0.15) is 72.4 Å². The van der Waals surface area contributed by atoms with Crippen LogP contribution in [0.4, 0.5) is 26.3 Å². The summed E-state index contributed by atoms with van der Waals surface area (Å²) < 4.78 is 153. The summed E-state index contributed by atoms with van der Waals surface area (Å²) in [6, 6.07) is 64.3. The Kier molecular flexibility index (Phi) is 23.0. The Morgan fingerprint density at radius 1 is 0.283 bits per heavy atom. The second kappa shape index (κ2) is 33.3. The van der Waals surface area contributed by atoms with Crippen LogP contribution in [-0.2, 0) is 9.47 Å². The Balaban J connectivity index is 0.581. The average molecular weight is 1570 g/mol. The molecule has 13 rings (SSSR count). The highest BCUT2D eigenvalue weighted by Crippen LogP contribution is 2.67. The number of aryl methyl sites for hydroxylation is 2. The molecule has 572 valence electrons. The van der Waals surface area contributed by atoms with E-state index in [2.05, 4.69) is 0 Å². The molecule has 2 aromatic heterocycles. The Bertz CT molecular complexity index is 5210. The van der Waals surface area contributed by atoms with Crippen molar-refractivity contribution in [1.29, 1.82) is 0 Å². The maximum absolute atomic E-state index is 16.6. The molecule has 0 saturated heterocycles. The lowest BCUT2D eigenvalue weighted by molar-refractivity contribution is -0.254. The van der Waals surface area contributed by atoms with E-state index in [-0.39, 0.29) is 92.2 Å². The molecule has 0 unspecified atom stereocenters. The molecule has 16 nitrogen and oxygen atoms in total. The monoisotopic (exact) mass is 1570 g/mol. The predicted molar refractivity (Wildman–Crippen MR) is 414 cm³/mol. The third-order valence-electron chi connectivity index (χ3n) is 18.5. The Hall–Kier alpha value is -13.1. The van der Waals surface area contributed by atoms with Crippen LogP contribution in [-0.4, -0.2) is 94.2 Å². The largest absolute Gasteiger partial charge is 0.497 e. The minimum atomic E-state index is -5.85. The van der Waals surface area contributed by atoms with Crippen LogP contribution in [0.1, 0.15) is 94.2 Å². The molecular weight excluding hydrogens is 1500 g/mol. The Labute approximate surface area is 651 Å². The van der Waals surface area contributed by atoms with Gasteiger partial charge in [0.25, 0.3) is 0 Å². The van der Waals surface area contributed by atoms with E-state index in [1.807, 2.05) is 72.8 Å². The van der Waals surface area contributed by atoms with Crippen molar-refractivity contribution in [2.24, 2.45) is 0 Å². The molecule has 0 aliphatic heterocycles. The van der Waals surface area contributed by atoms with Gasteiger partial charge in [-0.15, -0.1) is 22.7 Å². The topological polar surface area (TPSA) is 195 Å². The second-order valence-corrected chi connectivity index (χ2v) is 28.2. The van der Waals surface area contributed by atoms with Crippen molar-refractivity contribution in [3.05, 3.63) is 308 Å². The molecule has 2 heterocycles. The van der Waals surface area contributed by atoms with Gasteiger partial charge in [-0.25, -0.2) is 28.8 Å². The predicted octanol–water partition coefficient (Wildman–Crippen LogP) is 20.9. The van der Waals surface area contributed by atoms with Crippen LogP contribution in [0.2, 0.25) is 0 Å². The minimum Gasteiger partial charge on any atom is -0.497 e. The summed E-state index contributed by atoms with van der Waals surface area (Å²) in [5.41, 5.74) is 1.61. The van der Waals surface area contributed by atoms with Crippen LogP contribution in [0.25, 0.3) is 54.3 Å². The van der Waals surface area contributed by atoms with Gasteiger partial charge < -0.3 is 47.4 Å². The van der Waals surface area contributed by atoms with Crippen LogP contribution in [0.15, 0.2) is 243 Å². The van der Waals surface area contributed by atoms with Crippen LogP contribution in [0.5, 0.6) is 46.0 Å². The van der Waals surface area contributed by atoms with E-state index in [4.69, 9.17) is 47.4 Å². The molecule has 1 aliphatic rings. The third kappa shape index (κ3) is 16.8. The molecule has 0 radical (unpaired) electrons. The van der Waals surface area contributed by atoms with E-state index in [1.165, 1.54) is 149 Å². The number of carbonyl (C=O) groups excluding carboxylic acids is 6. The maximum Gasteiger partial charge on any atom is 0.380 e. The molecular formula is C89H66F6O16S2. The van der Waals surface area contributed by atoms with Crippen molar-refractivity contribution in [2.45, 2.75) is 45.5 Å². The first-order valence-corrected chi connectivity index (χ1v) is 36.6. The highest BCUT2D eigenvalue weighted by molar-refractivity contribution is 7.16. The zero-order chi connectivity index (χ0) is 79.9. The van der Waals surface area contributed by atoms with E-state index in [0.29, 0.717) is 43.9 Å². The number of halogens is 6. The number of methoxy groups -OCH3 is 2. The number of allylic oxidation sites excluding steroid dienone is 2. The molecule has 0 spiro atoms. The van der Waals surface area contributed by atoms with E-state index >= 15 is 26.3 Å². The van der Waals surface area contributed by atoms with Crippen LogP contribution in [0, 0.1) is 27.7 Å². The number of hydrogen-bond acceptors (Lipinski definition) is 18. The summed E-state index contributed by atoms with van der Waals surface area (Å²) in [7, 11) is 3.19. The molecule has 0 fully saturated rings. The van der Waals surface area contributed by atoms with Gasteiger partial charge in [0, 0.05) is 41.8 Å². The number of thiophene rings is 2. The van der Waals surface area contributed by atoms with Gasteiger partial charge in [0.05, 0.1) is 47.6 Å². The quantitative estimate of drug-likeness (QED) is 0.0215. The molecule has 10 aromatic carbocycles. The van der Waals surface area contributed by atoms with Gasteiger partial charge in [-0.05, 0) is 266 Å². The normalized spacial score (nSPS) is 13.1. The van der Waals surface area contributed by atoms with Crippen molar-refractivity contribution in [3.8, 4) is 89.1 Å². The summed E-state index contributed by atoms with van der Waals surface area (Å²) in [5.74, 6) is -17.6. The summed E-state index contributed by atoms with van der Waals surface area (Å²) in [5, 5.41) is 0. The van der Waals surface area contributed by atoms with Crippen molar-refractivity contribution >= 4 is 69.6 Å². The minimum absolute atomic E-state index is 0.0241. The van der Waals surface area contributed by atoms with Gasteiger partial charge in [-0.1, -0.05) is 48.5 Å². The fraction of sp³-hybridized carbons (Fsp3) is 0.146. The number of rotatable bonds is 26. The number of hydrogen-bond donors (Lipinski definition) is 0. The van der Waals surface area contributed by atoms with Crippen LogP contribution in [0.3, 0.4) is 0 Å². The van der Waals surface area contributed by atoms with Crippen LogP contribution >= 0.6 is 22.7 Å². The van der Waals surface area contributed by atoms with E-state index in [1.54, 1.807) is 62.8 Å². The standard InChI is InChI=1S/C89H66F6O16S2/c1-51-75(53(3)112-79(51)59-23-43-73(44-24-59)110-83(98)63-11-7-61(8-12-63)81(96)106-49-47-104-69-35-27-65(28-36-69)85(100)108-71-39-19-57(20-40-71)55-15-31-67(102-5)32-16-55)77-78(88(92,93)89(94,95)87(77,90)91)76-52(2)80(113-54(76)4)60-25-45-74(46-26-60)111-84(99)64-13-9-62(10-14-64)82(97)107-50-48-105-70-37-29-66(30-38-70)86(101)109-72-41-21-58(22-42-72)56-17-33-68(103-6)34-18-56/h7-46H,47-50H2,1-6H3. The Morgan fingerprint density at radius 2 is 0.504 bits per heavy atom. The summed E-state index contributed by atoms with van der Waals surface area (Å²) in [6.07, 6.45) is 0. The molecule has 24 heteroatoms. The summed E-state index contributed by atoms with van der Waals surface area (Å²) in [4.78, 5) is 78.9. The van der Waals surface area contributed by atoms with Gasteiger partial charge in [0.15, 0.2) is 0 Å². The lowest BCUT2D eigenvalue weighted by Crippen LogP contribution is -2.49. The smallest absolute Gasteiger partial charge is 0.380 e. The van der Waals surface area contributed by atoms with Gasteiger partial charge >= 0.3 is 53.6 Å². The van der Waals surface area contributed by atoms with E-state index < -0.39 is 75.9 Å². The van der Waals surface area contributed by atoms with Gasteiger partial charge in [-0.3, -0.25) is 0 Å². The van der Waals surface area contributed by atoms with Crippen molar-refractivity contribution in [1.82, 2.24) is 0 Å². The van der Waals surface area contributed by atoms with Gasteiger partial charge in [-0.2, -0.15) is 26.3 Å². The second-order valence-electron chi connectivity index (χ2n) is 25.7. The summed E-state index contributed by atoms with van der Waals surface area (Å²) in [6.45, 7) is 5.22. The zero-order valence-electron chi connectivity index (χ0n) is 61.0. The lowest BCUT2D eigenvalue weighted by atomic mass is 9.90. The fourth-order valence-electron chi connectivity index (χ4n) is 12.6. The number of ether oxygens (including phenoxy) is 10. The van der Waals surface area contributed by atoms with Crippen molar-refractivity contribution in [2.75, 3.05) is 40.6 Å². The molecule has 1 aliphatic carbocycles. The Morgan fingerprint density at radius 3 is 0.761 bits per heavy atom. The number of benzene rings is 10. The first kappa shape index (κ1) is 78.1. The molecule has 0 atom stereocenters. The highest BCUT2D eigenvalue weighted by Gasteiger charge is 2.80. The molecule has 0 N–H and O–H groups in total. The molecule has 0 bridgehead atoms. The first-order valence-electron chi connectivity index (χ1n) is 35.0. The van der Waals surface area contributed by atoms with Crippen LogP contribution < -0.4 is 37.9 Å². The summed E-state index contributed by atoms with van der Waals surface area (Å²) >= 11 is 1.87.